The van der Waals surface area contributed by atoms with Gasteiger partial charge in [-0.1, -0.05) is 48.3 Å². The summed E-state index contributed by atoms with van der Waals surface area (Å²) in [5.74, 6) is 0.660. The third-order valence-electron chi connectivity index (χ3n) is 3.51. The molecule has 1 fully saturated rings. The van der Waals surface area contributed by atoms with Crippen LogP contribution in [0.4, 0.5) is 5.69 Å². The number of anilines is 1. The van der Waals surface area contributed by atoms with Crippen molar-refractivity contribution < 1.29 is 9.21 Å². The van der Waals surface area contributed by atoms with E-state index in [-0.39, 0.29) is 5.91 Å². The average molecular weight is 341 g/mol. The molecule has 2 aromatic rings. The predicted molar refractivity (Wildman–Crippen MR) is 99.4 cm³/mol. The molecule has 0 spiro atoms. The lowest BCUT2D eigenvalue weighted by Crippen LogP contribution is -2.29. The maximum atomic E-state index is 12.7. The number of carbonyl (C=O) groups excluding carboxylic acids is 1. The number of thioether (sulfide) groups is 1. The standard InChI is InChI=1S/C18H15NO2S2/c1-12-6-3-7-13(2)16(12)19-17(20)15(23-18(19)22)10-4-8-14-9-5-11-21-14/h3-11H,1-2H3/b8-4+,15-10+. The van der Waals surface area contributed by atoms with Crippen LogP contribution >= 0.6 is 24.0 Å². The summed E-state index contributed by atoms with van der Waals surface area (Å²) in [6.07, 6.45) is 7.00. The zero-order valence-electron chi connectivity index (χ0n) is 12.8. The smallest absolute Gasteiger partial charge is 0.270 e. The Morgan fingerprint density at radius 1 is 1.17 bits per heavy atom. The molecule has 1 aliphatic heterocycles. The van der Waals surface area contributed by atoms with Gasteiger partial charge in [0.1, 0.15) is 5.76 Å². The molecule has 23 heavy (non-hydrogen) atoms. The molecule has 116 valence electrons. The number of hydrogen-bond acceptors (Lipinski definition) is 4. The second-order valence-electron chi connectivity index (χ2n) is 5.15. The highest BCUT2D eigenvalue weighted by molar-refractivity contribution is 8.27. The molecule has 0 bridgehead atoms. The molecule has 1 aliphatic rings. The third-order valence-corrected chi connectivity index (χ3v) is 4.83. The molecule has 2 heterocycles. The van der Waals surface area contributed by atoms with Gasteiger partial charge in [0.25, 0.3) is 5.91 Å². The predicted octanol–water partition coefficient (Wildman–Crippen LogP) is 4.86. The quantitative estimate of drug-likeness (QED) is 0.590. The van der Waals surface area contributed by atoms with Crippen LogP contribution in [0, 0.1) is 13.8 Å². The lowest BCUT2D eigenvalue weighted by Gasteiger charge is -2.19. The number of benzene rings is 1. The van der Waals surface area contributed by atoms with Gasteiger partial charge in [-0.15, -0.1) is 0 Å². The number of amides is 1. The Morgan fingerprint density at radius 3 is 2.57 bits per heavy atom. The van der Waals surface area contributed by atoms with Gasteiger partial charge in [-0.05, 0) is 49.3 Å². The Bertz CT molecular complexity index is 799. The first-order valence-electron chi connectivity index (χ1n) is 7.12. The minimum absolute atomic E-state index is 0.0819. The van der Waals surface area contributed by atoms with Crippen molar-refractivity contribution in [1.29, 1.82) is 0 Å². The van der Waals surface area contributed by atoms with Gasteiger partial charge < -0.3 is 4.42 Å². The van der Waals surface area contributed by atoms with Crippen LogP contribution in [0.1, 0.15) is 16.9 Å². The van der Waals surface area contributed by atoms with Crippen molar-refractivity contribution >= 4 is 46.0 Å². The van der Waals surface area contributed by atoms with Crippen LogP contribution in [0.5, 0.6) is 0 Å². The van der Waals surface area contributed by atoms with Gasteiger partial charge >= 0.3 is 0 Å². The van der Waals surface area contributed by atoms with Gasteiger partial charge in [0.2, 0.25) is 0 Å². The Labute approximate surface area is 144 Å². The number of allylic oxidation sites excluding steroid dienone is 2. The summed E-state index contributed by atoms with van der Waals surface area (Å²) < 4.78 is 5.78. The molecular formula is C18H15NO2S2. The molecule has 0 unspecified atom stereocenters. The van der Waals surface area contributed by atoms with E-state index in [0.717, 1.165) is 22.6 Å². The maximum Gasteiger partial charge on any atom is 0.270 e. The fraction of sp³-hybridized carbons (Fsp3) is 0.111. The van der Waals surface area contributed by atoms with Crippen molar-refractivity contribution in [3.8, 4) is 0 Å². The average Bonchev–Trinajstić information content (AvgIpc) is 3.11. The van der Waals surface area contributed by atoms with E-state index in [4.69, 9.17) is 16.6 Å². The van der Waals surface area contributed by atoms with Crippen molar-refractivity contribution in [3.05, 3.63) is 70.5 Å². The minimum atomic E-state index is -0.0819. The van der Waals surface area contributed by atoms with E-state index in [1.165, 1.54) is 11.8 Å². The zero-order valence-corrected chi connectivity index (χ0v) is 14.4. The highest BCUT2D eigenvalue weighted by Gasteiger charge is 2.34. The molecule has 0 radical (unpaired) electrons. The number of carbonyl (C=O) groups is 1. The zero-order chi connectivity index (χ0) is 16.4. The van der Waals surface area contributed by atoms with E-state index in [9.17, 15) is 4.79 Å². The Hall–Kier alpha value is -2.11. The van der Waals surface area contributed by atoms with Crippen molar-refractivity contribution in [3.63, 3.8) is 0 Å². The summed E-state index contributed by atoms with van der Waals surface area (Å²) in [5.41, 5.74) is 2.95. The maximum absolute atomic E-state index is 12.7. The van der Waals surface area contributed by atoms with Gasteiger partial charge in [-0.25, -0.2) is 0 Å². The van der Waals surface area contributed by atoms with Crippen molar-refractivity contribution in [1.82, 2.24) is 0 Å². The second kappa shape index (κ2) is 6.56. The van der Waals surface area contributed by atoms with E-state index in [1.807, 2.05) is 50.3 Å². The molecule has 0 atom stereocenters. The van der Waals surface area contributed by atoms with Crippen LogP contribution in [0.25, 0.3) is 6.08 Å². The lowest BCUT2D eigenvalue weighted by atomic mass is 10.1. The SMILES string of the molecule is Cc1cccc(C)c1N1C(=O)/C(=C\C=C\c2ccco2)SC1=S. The van der Waals surface area contributed by atoms with E-state index in [0.29, 0.717) is 9.23 Å². The van der Waals surface area contributed by atoms with Crippen molar-refractivity contribution in [2.75, 3.05) is 4.90 Å². The minimum Gasteiger partial charge on any atom is -0.465 e. The first-order valence-corrected chi connectivity index (χ1v) is 8.35. The van der Waals surface area contributed by atoms with E-state index < -0.39 is 0 Å². The highest BCUT2D eigenvalue weighted by Crippen LogP contribution is 2.37. The summed E-state index contributed by atoms with van der Waals surface area (Å²) in [6.45, 7) is 3.98. The van der Waals surface area contributed by atoms with Gasteiger partial charge in [-0.3, -0.25) is 9.69 Å². The van der Waals surface area contributed by atoms with Crippen LogP contribution in [-0.2, 0) is 4.79 Å². The van der Waals surface area contributed by atoms with E-state index >= 15 is 0 Å². The van der Waals surface area contributed by atoms with Gasteiger partial charge in [-0.2, -0.15) is 0 Å². The fourth-order valence-electron chi connectivity index (χ4n) is 2.45. The van der Waals surface area contributed by atoms with Crippen molar-refractivity contribution in [2.24, 2.45) is 0 Å². The number of furan rings is 1. The van der Waals surface area contributed by atoms with Crippen molar-refractivity contribution in [2.45, 2.75) is 13.8 Å². The molecule has 1 amide bonds. The Morgan fingerprint density at radius 2 is 1.91 bits per heavy atom. The topological polar surface area (TPSA) is 33.5 Å². The van der Waals surface area contributed by atoms with Crippen LogP contribution in [0.15, 0.2) is 58.1 Å². The first kappa shape index (κ1) is 15.8. The molecule has 1 saturated heterocycles. The molecule has 1 aromatic heterocycles. The Balaban J connectivity index is 1.88. The van der Waals surface area contributed by atoms with Gasteiger partial charge in [0.15, 0.2) is 4.32 Å². The molecule has 0 saturated carbocycles. The number of nitrogens with zero attached hydrogens (tertiary/aromatic N) is 1. The third kappa shape index (κ3) is 3.16. The van der Waals surface area contributed by atoms with Crippen LogP contribution in [-0.4, -0.2) is 10.2 Å². The molecule has 3 nitrogen and oxygen atoms in total. The highest BCUT2D eigenvalue weighted by atomic mass is 32.2. The monoisotopic (exact) mass is 341 g/mol. The lowest BCUT2D eigenvalue weighted by molar-refractivity contribution is -0.113. The number of rotatable bonds is 3. The largest absolute Gasteiger partial charge is 0.465 e. The molecular weight excluding hydrogens is 326 g/mol. The van der Waals surface area contributed by atoms with Crippen LogP contribution in [0.3, 0.4) is 0 Å². The summed E-state index contributed by atoms with van der Waals surface area (Å²) >= 11 is 6.73. The summed E-state index contributed by atoms with van der Waals surface area (Å²) in [4.78, 5) is 14.9. The number of aryl methyl sites for hydroxylation is 2. The molecule has 5 heteroatoms. The van der Waals surface area contributed by atoms with Gasteiger partial charge in [0.05, 0.1) is 16.9 Å². The number of hydrogen-bond donors (Lipinski definition) is 0. The van der Waals surface area contributed by atoms with Crippen LogP contribution in [0.2, 0.25) is 0 Å². The summed E-state index contributed by atoms with van der Waals surface area (Å²) in [7, 11) is 0. The first-order chi connectivity index (χ1) is 11.1. The van der Waals surface area contributed by atoms with E-state index in [2.05, 4.69) is 0 Å². The number of para-hydroxylation sites is 1. The molecule has 3 rings (SSSR count). The van der Waals surface area contributed by atoms with Gasteiger partial charge in [0, 0.05) is 0 Å². The fourth-order valence-corrected chi connectivity index (χ4v) is 3.67. The second-order valence-corrected chi connectivity index (χ2v) is 6.83. The van der Waals surface area contributed by atoms with E-state index in [1.54, 1.807) is 23.3 Å². The normalized spacial score (nSPS) is 17.0. The Kier molecular flexibility index (Phi) is 4.50. The molecule has 0 N–H and O–H groups in total. The number of thiocarbonyl (C=S) groups is 1. The van der Waals surface area contributed by atoms with Crippen LogP contribution < -0.4 is 4.90 Å². The molecule has 0 aliphatic carbocycles. The molecule has 1 aromatic carbocycles. The summed E-state index contributed by atoms with van der Waals surface area (Å²) in [5, 5.41) is 0. The summed E-state index contributed by atoms with van der Waals surface area (Å²) in [6, 6.07) is 9.63.